The van der Waals surface area contributed by atoms with Gasteiger partial charge in [-0.15, -0.1) is 0 Å². The van der Waals surface area contributed by atoms with E-state index in [1.54, 1.807) is 0 Å². The maximum Gasteiger partial charge on any atom is 0.414 e. The Morgan fingerprint density at radius 3 is 1.71 bits per heavy atom. The number of aliphatic carboxylic acids is 2. The Bertz CT molecular complexity index is 737. The third-order valence-corrected chi connectivity index (χ3v) is 5.43. The Balaban J connectivity index is 0.000000409. The molecule has 0 unspecified atom stereocenters. The van der Waals surface area contributed by atoms with Crippen LogP contribution in [0.3, 0.4) is 0 Å². The summed E-state index contributed by atoms with van der Waals surface area (Å²) in [6.07, 6.45) is 0. The molecule has 1 aliphatic rings. The highest BCUT2D eigenvalue weighted by molar-refractivity contribution is 9.10. The highest BCUT2D eigenvalue weighted by atomic mass is 79.9. The molecular formula is C21H25BrN2O4. The third-order valence-electron chi connectivity index (χ3n) is 4.65. The van der Waals surface area contributed by atoms with E-state index < -0.39 is 11.9 Å². The zero-order valence-electron chi connectivity index (χ0n) is 15.8. The van der Waals surface area contributed by atoms with Gasteiger partial charge in [-0.25, -0.2) is 9.59 Å². The third kappa shape index (κ3) is 7.07. The van der Waals surface area contributed by atoms with E-state index in [9.17, 15) is 0 Å². The molecule has 1 heterocycles. The van der Waals surface area contributed by atoms with Gasteiger partial charge in [0.2, 0.25) is 0 Å². The Hall–Kier alpha value is -2.22. The number of carboxylic acid groups (broad SMARTS) is 2. The Morgan fingerprint density at radius 2 is 1.25 bits per heavy atom. The van der Waals surface area contributed by atoms with Gasteiger partial charge in [0.25, 0.3) is 0 Å². The van der Waals surface area contributed by atoms with Gasteiger partial charge in [-0.1, -0.05) is 58.4 Å². The molecule has 1 saturated heterocycles. The Kier molecular flexibility index (Phi) is 8.63. The lowest BCUT2D eigenvalue weighted by molar-refractivity contribution is -0.159. The zero-order valence-corrected chi connectivity index (χ0v) is 17.4. The molecule has 28 heavy (non-hydrogen) atoms. The quantitative estimate of drug-likeness (QED) is 0.698. The number of benzene rings is 2. The van der Waals surface area contributed by atoms with Crippen LogP contribution in [0, 0.1) is 6.92 Å². The van der Waals surface area contributed by atoms with Gasteiger partial charge in [0.1, 0.15) is 0 Å². The van der Waals surface area contributed by atoms with Crippen molar-refractivity contribution in [3.05, 3.63) is 69.7 Å². The number of piperazine rings is 1. The second-order valence-corrected chi connectivity index (χ2v) is 7.53. The lowest BCUT2D eigenvalue weighted by Crippen LogP contribution is -2.45. The van der Waals surface area contributed by atoms with Crippen molar-refractivity contribution in [3.8, 4) is 0 Å². The molecule has 0 aromatic heterocycles. The van der Waals surface area contributed by atoms with Crippen molar-refractivity contribution in [2.24, 2.45) is 0 Å². The average molecular weight is 449 g/mol. The van der Waals surface area contributed by atoms with Gasteiger partial charge in [0, 0.05) is 43.7 Å². The highest BCUT2D eigenvalue weighted by Gasteiger charge is 2.18. The number of hydrogen-bond donors (Lipinski definition) is 2. The highest BCUT2D eigenvalue weighted by Crippen LogP contribution is 2.19. The van der Waals surface area contributed by atoms with E-state index in [0.29, 0.717) is 0 Å². The normalized spacial score (nSPS) is 14.8. The van der Waals surface area contributed by atoms with E-state index in [-0.39, 0.29) is 0 Å². The van der Waals surface area contributed by atoms with Crippen molar-refractivity contribution in [2.45, 2.75) is 20.0 Å². The number of rotatable bonds is 4. The smallest absolute Gasteiger partial charge is 0.414 e. The fourth-order valence-electron chi connectivity index (χ4n) is 3.00. The molecule has 2 aromatic rings. The first-order valence-electron chi connectivity index (χ1n) is 9.05. The van der Waals surface area contributed by atoms with Gasteiger partial charge in [0.05, 0.1) is 0 Å². The summed E-state index contributed by atoms with van der Waals surface area (Å²) in [7, 11) is 0. The summed E-state index contributed by atoms with van der Waals surface area (Å²) < 4.78 is 1.22. The first-order chi connectivity index (χ1) is 13.4. The van der Waals surface area contributed by atoms with Gasteiger partial charge >= 0.3 is 11.9 Å². The topological polar surface area (TPSA) is 81.1 Å². The van der Waals surface area contributed by atoms with Crippen molar-refractivity contribution < 1.29 is 19.8 Å². The molecule has 0 amide bonds. The average Bonchev–Trinajstić information content (AvgIpc) is 2.67. The van der Waals surface area contributed by atoms with Gasteiger partial charge in [-0.05, 0) is 29.7 Å². The number of halogens is 1. The van der Waals surface area contributed by atoms with Gasteiger partial charge in [-0.2, -0.15) is 0 Å². The van der Waals surface area contributed by atoms with Crippen molar-refractivity contribution >= 4 is 27.9 Å². The summed E-state index contributed by atoms with van der Waals surface area (Å²) in [6, 6.07) is 17.3. The number of hydrogen-bond acceptors (Lipinski definition) is 4. The molecule has 2 N–H and O–H groups in total. The van der Waals surface area contributed by atoms with Crippen LogP contribution in [0.4, 0.5) is 0 Å². The summed E-state index contributed by atoms with van der Waals surface area (Å²) in [5.41, 5.74) is 4.25. The molecule has 0 atom stereocenters. The predicted molar refractivity (Wildman–Crippen MR) is 111 cm³/mol. The summed E-state index contributed by atoms with van der Waals surface area (Å²) >= 11 is 3.65. The molecule has 2 aromatic carbocycles. The molecule has 7 heteroatoms. The van der Waals surface area contributed by atoms with Crippen LogP contribution in [0.2, 0.25) is 0 Å². The summed E-state index contributed by atoms with van der Waals surface area (Å²) in [5.74, 6) is -3.65. The van der Waals surface area contributed by atoms with E-state index in [4.69, 9.17) is 19.8 Å². The van der Waals surface area contributed by atoms with Crippen LogP contribution < -0.4 is 0 Å². The van der Waals surface area contributed by atoms with E-state index in [2.05, 4.69) is 81.2 Å². The maximum atomic E-state index is 9.10. The summed E-state index contributed by atoms with van der Waals surface area (Å²) in [4.78, 5) is 23.3. The minimum Gasteiger partial charge on any atom is -0.473 e. The molecule has 1 aliphatic heterocycles. The number of nitrogens with zero attached hydrogens (tertiary/aromatic N) is 2. The van der Waals surface area contributed by atoms with Gasteiger partial charge in [-0.3, -0.25) is 9.80 Å². The van der Waals surface area contributed by atoms with Crippen molar-refractivity contribution in [1.29, 1.82) is 0 Å². The number of aryl methyl sites for hydroxylation is 1. The fourth-order valence-corrected chi connectivity index (χ4v) is 3.41. The molecular weight excluding hydrogens is 424 g/mol. The van der Waals surface area contributed by atoms with Crippen molar-refractivity contribution in [3.63, 3.8) is 0 Å². The van der Waals surface area contributed by atoms with Crippen LogP contribution in [0.25, 0.3) is 0 Å². The van der Waals surface area contributed by atoms with Crippen LogP contribution in [-0.2, 0) is 22.7 Å². The van der Waals surface area contributed by atoms with Gasteiger partial charge < -0.3 is 10.2 Å². The first kappa shape index (κ1) is 22.1. The number of carboxylic acids is 2. The van der Waals surface area contributed by atoms with Crippen LogP contribution >= 0.6 is 15.9 Å². The van der Waals surface area contributed by atoms with E-state index in [0.717, 1.165) is 39.3 Å². The van der Waals surface area contributed by atoms with E-state index in [1.807, 2.05) is 0 Å². The van der Waals surface area contributed by atoms with Crippen molar-refractivity contribution in [2.75, 3.05) is 26.2 Å². The van der Waals surface area contributed by atoms with E-state index in [1.165, 1.54) is 21.2 Å². The zero-order chi connectivity index (χ0) is 20.5. The second kappa shape index (κ2) is 10.9. The summed E-state index contributed by atoms with van der Waals surface area (Å²) in [6.45, 7) is 8.92. The monoisotopic (exact) mass is 448 g/mol. The lowest BCUT2D eigenvalue weighted by atomic mass is 10.1. The van der Waals surface area contributed by atoms with Crippen molar-refractivity contribution in [1.82, 2.24) is 9.80 Å². The van der Waals surface area contributed by atoms with Crippen LogP contribution in [0.15, 0.2) is 53.0 Å². The largest absolute Gasteiger partial charge is 0.473 e. The van der Waals surface area contributed by atoms with E-state index >= 15 is 0 Å². The van der Waals surface area contributed by atoms with Crippen LogP contribution in [-0.4, -0.2) is 58.1 Å². The second-order valence-electron chi connectivity index (χ2n) is 6.68. The van der Waals surface area contributed by atoms with Crippen LogP contribution in [0.5, 0.6) is 0 Å². The van der Waals surface area contributed by atoms with Crippen LogP contribution in [0.1, 0.15) is 16.7 Å². The predicted octanol–water partition coefficient (Wildman–Crippen LogP) is 3.23. The molecule has 0 saturated carbocycles. The standard InChI is InChI=1S/C19H23BrN2.C2H2O4/c1-16-6-2-3-7-17(16)14-21-10-12-22(13-11-21)15-18-8-4-5-9-19(18)20;3-1(4)2(5)6/h2-9H,10-15H2,1H3;(H,3,4)(H,5,6). The minimum absolute atomic E-state index is 1.04. The minimum atomic E-state index is -1.82. The number of carbonyl (C=O) groups is 2. The fraction of sp³-hybridized carbons (Fsp3) is 0.333. The molecule has 6 nitrogen and oxygen atoms in total. The molecule has 3 rings (SSSR count). The molecule has 1 fully saturated rings. The first-order valence-corrected chi connectivity index (χ1v) is 9.85. The Labute approximate surface area is 173 Å². The Morgan fingerprint density at radius 1 is 0.821 bits per heavy atom. The molecule has 0 bridgehead atoms. The molecule has 150 valence electrons. The molecule has 0 radical (unpaired) electrons. The summed E-state index contributed by atoms with van der Waals surface area (Å²) in [5, 5.41) is 14.8. The maximum absolute atomic E-state index is 9.10. The van der Waals surface area contributed by atoms with Gasteiger partial charge in [0.15, 0.2) is 0 Å². The molecule has 0 aliphatic carbocycles. The SMILES string of the molecule is Cc1ccccc1CN1CCN(Cc2ccccc2Br)CC1.O=C(O)C(=O)O. The lowest BCUT2D eigenvalue weighted by Gasteiger charge is -2.35. The molecule has 0 spiro atoms.